The molecule has 0 aliphatic carbocycles. The second-order valence-electron chi connectivity index (χ2n) is 3.38. The van der Waals surface area contributed by atoms with Crippen LogP contribution in [0.15, 0.2) is 0 Å². The van der Waals surface area contributed by atoms with Crippen molar-refractivity contribution in [3.05, 3.63) is 0 Å². The van der Waals surface area contributed by atoms with Gasteiger partial charge in [-0.05, 0) is 20.4 Å². The van der Waals surface area contributed by atoms with Gasteiger partial charge < -0.3 is 10.4 Å². The molecule has 0 aliphatic rings. The number of imide groups is 1. The number of nitrogens with one attached hydrogen (secondary N) is 2. The summed E-state index contributed by atoms with van der Waals surface area (Å²) in [5, 5.41) is 13.5. The number of aliphatic hydroxyl groups is 1. The second-order valence-corrected chi connectivity index (χ2v) is 3.38. The van der Waals surface area contributed by atoms with Crippen LogP contribution in [0.4, 0.5) is 4.79 Å². The van der Waals surface area contributed by atoms with Crippen LogP contribution < -0.4 is 10.6 Å². The van der Waals surface area contributed by atoms with Crippen molar-refractivity contribution in [2.75, 3.05) is 26.2 Å². The Labute approximate surface area is 96.0 Å². The smallest absolute Gasteiger partial charge is 0.321 e. The van der Waals surface area contributed by atoms with Gasteiger partial charge in [-0.2, -0.15) is 0 Å². The average molecular weight is 231 g/mol. The summed E-state index contributed by atoms with van der Waals surface area (Å²) in [5.41, 5.74) is 0. The fraction of sp³-hybridized carbons (Fsp3) is 0.800. The molecule has 1 unspecified atom stereocenters. The van der Waals surface area contributed by atoms with Gasteiger partial charge in [0.2, 0.25) is 5.91 Å². The molecule has 0 aromatic rings. The Morgan fingerprint density at radius 1 is 1.38 bits per heavy atom. The molecule has 0 radical (unpaired) electrons. The van der Waals surface area contributed by atoms with Crippen LogP contribution in [0, 0.1) is 0 Å². The molecule has 0 rings (SSSR count). The Kier molecular flexibility index (Phi) is 7.49. The lowest BCUT2D eigenvalue weighted by Crippen LogP contribution is -2.50. The molecule has 94 valence electrons. The fourth-order valence-corrected chi connectivity index (χ4v) is 1.34. The minimum atomic E-state index is -0.487. The maximum Gasteiger partial charge on any atom is 0.321 e. The lowest BCUT2D eigenvalue weighted by molar-refractivity contribution is -0.124. The number of hydrogen-bond acceptors (Lipinski definition) is 4. The molecule has 3 N–H and O–H groups in total. The Bertz CT molecular complexity index is 233. The molecular formula is C10H21N3O3. The highest BCUT2D eigenvalue weighted by Crippen LogP contribution is 1.97. The summed E-state index contributed by atoms with van der Waals surface area (Å²) < 4.78 is 0. The summed E-state index contributed by atoms with van der Waals surface area (Å²) in [5.74, 6) is -0.360. The third-order valence-electron chi connectivity index (χ3n) is 2.29. The summed E-state index contributed by atoms with van der Waals surface area (Å²) in [6.07, 6.45) is 0. The molecule has 0 saturated heterocycles. The van der Waals surface area contributed by atoms with Crippen LogP contribution in [0.1, 0.15) is 20.8 Å². The number of rotatable bonds is 6. The van der Waals surface area contributed by atoms with E-state index >= 15 is 0 Å². The van der Waals surface area contributed by atoms with Crippen LogP contribution in [0.2, 0.25) is 0 Å². The minimum Gasteiger partial charge on any atom is -0.395 e. The van der Waals surface area contributed by atoms with Gasteiger partial charge in [-0.3, -0.25) is 15.0 Å². The van der Waals surface area contributed by atoms with Crippen molar-refractivity contribution >= 4 is 11.9 Å². The Morgan fingerprint density at radius 3 is 2.44 bits per heavy atom. The normalized spacial score (nSPS) is 12.3. The number of nitrogens with zero attached hydrogens (tertiary/aromatic N) is 1. The molecule has 0 aromatic carbocycles. The van der Waals surface area contributed by atoms with E-state index in [9.17, 15) is 9.59 Å². The molecule has 0 bridgehead atoms. The molecule has 0 heterocycles. The van der Waals surface area contributed by atoms with Gasteiger partial charge in [-0.1, -0.05) is 6.92 Å². The Morgan fingerprint density at radius 2 is 2.00 bits per heavy atom. The van der Waals surface area contributed by atoms with Gasteiger partial charge in [-0.25, -0.2) is 4.79 Å². The first kappa shape index (κ1) is 14.9. The van der Waals surface area contributed by atoms with E-state index in [1.165, 1.54) is 0 Å². The zero-order valence-electron chi connectivity index (χ0n) is 10.1. The van der Waals surface area contributed by atoms with E-state index < -0.39 is 12.1 Å². The van der Waals surface area contributed by atoms with Gasteiger partial charge in [0.25, 0.3) is 0 Å². The minimum absolute atomic E-state index is 0.00732. The summed E-state index contributed by atoms with van der Waals surface area (Å²) in [7, 11) is 0. The van der Waals surface area contributed by atoms with Crippen LogP contribution in [0.5, 0.6) is 0 Å². The molecule has 0 saturated carbocycles. The van der Waals surface area contributed by atoms with Crippen molar-refractivity contribution in [3.8, 4) is 0 Å². The van der Waals surface area contributed by atoms with Crippen LogP contribution in [-0.2, 0) is 4.79 Å². The SMILES string of the molecule is CCNC(=O)NC(=O)C(C)N(CC)CCO. The van der Waals surface area contributed by atoms with Gasteiger partial charge in [-0.15, -0.1) is 0 Å². The van der Waals surface area contributed by atoms with E-state index in [1.807, 2.05) is 6.92 Å². The van der Waals surface area contributed by atoms with Crippen molar-refractivity contribution in [1.29, 1.82) is 0 Å². The molecular weight excluding hydrogens is 210 g/mol. The molecule has 0 aliphatic heterocycles. The van der Waals surface area contributed by atoms with E-state index in [1.54, 1.807) is 18.7 Å². The lowest BCUT2D eigenvalue weighted by Gasteiger charge is -2.25. The zero-order chi connectivity index (χ0) is 12.6. The topological polar surface area (TPSA) is 81.7 Å². The number of urea groups is 1. The molecule has 1 atom stereocenters. The highest BCUT2D eigenvalue weighted by molar-refractivity contribution is 5.96. The van der Waals surface area contributed by atoms with Crippen LogP contribution in [0.3, 0.4) is 0 Å². The van der Waals surface area contributed by atoms with E-state index in [0.29, 0.717) is 19.6 Å². The van der Waals surface area contributed by atoms with Gasteiger partial charge in [0, 0.05) is 13.1 Å². The fourth-order valence-electron chi connectivity index (χ4n) is 1.34. The van der Waals surface area contributed by atoms with Crippen molar-refractivity contribution in [1.82, 2.24) is 15.5 Å². The first-order chi connectivity index (χ1) is 7.56. The predicted octanol–water partition coefficient (Wildman–Crippen LogP) is -0.465. The summed E-state index contributed by atoms with van der Waals surface area (Å²) >= 11 is 0. The van der Waals surface area contributed by atoms with Crippen LogP contribution in [0.25, 0.3) is 0 Å². The zero-order valence-corrected chi connectivity index (χ0v) is 10.1. The molecule has 0 fully saturated rings. The summed E-state index contributed by atoms with van der Waals surface area (Å²) in [4.78, 5) is 24.5. The third-order valence-corrected chi connectivity index (χ3v) is 2.29. The largest absolute Gasteiger partial charge is 0.395 e. The van der Waals surface area contributed by atoms with E-state index in [2.05, 4.69) is 10.6 Å². The molecule has 0 aromatic heterocycles. The Balaban J connectivity index is 4.19. The lowest BCUT2D eigenvalue weighted by atomic mass is 10.2. The Hall–Kier alpha value is -1.14. The monoisotopic (exact) mass is 231 g/mol. The third kappa shape index (κ3) is 5.09. The van der Waals surface area contributed by atoms with Crippen LogP contribution >= 0.6 is 0 Å². The maximum atomic E-state index is 11.6. The van der Waals surface area contributed by atoms with Gasteiger partial charge in [0.1, 0.15) is 0 Å². The summed E-state index contributed by atoms with van der Waals surface area (Å²) in [6, 6.07) is -0.917. The van der Waals surface area contributed by atoms with E-state index in [4.69, 9.17) is 5.11 Å². The number of hydrogen-bond donors (Lipinski definition) is 3. The molecule has 16 heavy (non-hydrogen) atoms. The van der Waals surface area contributed by atoms with Crippen molar-refractivity contribution in [2.45, 2.75) is 26.8 Å². The molecule has 6 heteroatoms. The van der Waals surface area contributed by atoms with E-state index in [-0.39, 0.29) is 12.5 Å². The van der Waals surface area contributed by atoms with Crippen LogP contribution in [-0.4, -0.2) is 54.2 Å². The number of aliphatic hydroxyl groups excluding tert-OH is 1. The van der Waals surface area contributed by atoms with Gasteiger partial charge in [0.05, 0.1) is 12.6 Å². The quantitative estimate of drug-likeness (QED) is 0.577. The number of amides is 3. The highest BCUT2D eigenvalue weighted by atomic mass is 16.3. The highest BCUT2D eigenvalue weighted by Gasteiger charge is 2.20. The van der Waals surface area contributed by atoms with Gasteiger partial charge in [0.15, 0.2) is 0 Å². The molecule has 0 spiro atoms. The van der Waals surface area contributed by atoms with Crippen molar-refractivity contribution in [3.63, 3.8) is 0 Å². The number of carbonyl (C=O) groups is 2. The second kappa shape index (κ2) is 8.06. The average Bonchev–Trinajstić information content (AvgIpc) is 2.25. The first-order valence-corrected chi connectivity index (χ1v) is 5.50. The molecule has 3 amide bonds. The van der Waals surface area contributed by atoms with Crippen molar-refractivity contribution < 1.29 is 14.7 Å². The van der Waals surface area contributed by atoms with E-state index in [0.717, 1.165) is 0 Å². The number of carbonyl (C=O) groups excluding carboxylic acids is 2. The van der Waals surface area contributed by atoms with Crippen molar-refractivity contribution in [2.24, 2.45) is 0 Å². The number of likely N-dealkylation sites (N-methyl/N-ethyl adjacent to an activating group) is 1. The standard InChI is InChI=1S/C10H21N3O3/c1-4-11-10(16)12-9(15)8(3)13(5-2)6-7-14/h8,14H,4-7H2,1-3H3,(H2,11,12,15,16). The molecule has 6 nitrogen and oxygen atoms in total. The summed E-state index contributed by atoms with van der Waals surface area (Å²) in [6.45, 7) is 6.90. The first-order valence-electron chi connectivity index (χ1n) is 5.50. The predicted molar refractivity (Wildman–Crippen MR) is 61.0 cm³/mol. The van der Waals surface area contributed by atoms with Gasteiger partial charge >= 0.3 is 6.03 Å². The maximum absolute atomic E-state index is 11.6.